The molecule has 1 saturated heterocycles. The van der Waals surface area contributed by atoms with Crippen molar-refractivity contribution in [2.24, 2.45) is 13.0 Å². The second kappa shape index (κ2) is 8.38. The number of nitrogens with zero attached hydrogens (tertiary/aromatic N) is 3. The Balaban J connectivity index is 1.52. The molecule has 2 atom stereocenters. The molecule has 1 aliphatic heterocycles. The van der Waals surface area contributed by atoms with Crippen molar-refractivity contribution in [1.82, 2.24) is 14.9 Å². The number of aryl methyl sites for hydroxylation is 1. The predicted molar refractivity (Wildman–Crippen MR) is 108 cm³/mol. The lowest BCUT2D eigenvalue weighted by Crippen LogP contribution is -2.51. The van der Waals surface area contributed by atoms with E-state index in [2.05, 4.69) is 15.2 Å². The van der Waals surface area contributed by atoms with Crippen LogP contribution >= 0.6 is 0 Å². The molecule has 0 aliphatic carbocycles. The van der Waals surface area contributed by atoms with E-state index >= 15 is 0 Å². The fraction of sp³-hybridized carbons (Fsp3) is 0.500. The number of hydrogen-bond acceptors (Lipinski definition) is 6. The van der Waals surface area contributed by atoms with Gasteiger partial charge in [-0.05, 0) is 43.9 Å². The van der Waals surface area contributed by atoms with Crippen LogP contribution in [0.4, 0.5) is 15.8 Å². The summed E-state index contributed by atoms with van der Waals surface area (Å²) in [6.07, 6.45) is 3.33. The number of aromatic nitrogens is 2. The molecule has 1 aromatic carbocycles. The summed E-state index contributed by atoms with van der Waals surface area (Å²) in [5.74, 6) is -0.546. The number of nitrogen functional groups attached to an aromatic ring is 1. The molecule has 9 heteroatoms. The van der Waals surface area contributed by atoms with Gasteiger partial charge in [-0.25, -0.2) is 9.37 Å². The van der Waals surface area contributed by atoms with Gasteiger partial charge in [-0.1, -0.05) is 0 Å². The standard InChI is InChI=1S/C20H28FN5O3/c1-20(29,17(27)18-23-7-10-25(18)2)19(28)24-12-13-5-8-26(9-6-13)16-4-3-14(21)11-15(16)22/h3-4,7,10-11,13,17,27,29H,5-6,8-9,12,22H2,1-2H3,(H,24,28)/t17-,20+/m0/s1. The van der Waals surface area contributed by atoms with Crippen LogP contribution in [0.5, 0.6) is 0 Å². The van der Waals surface area contributed by atoms with Gasteiger partial charge < -0.3 is 30.7 Å². The molecule has 1 amide bonds. The molecule has 2 heterocycles. The van der Waals surface area contributed by atoms with E-state index in [9.17, 15) is 19.4 Å². The molecule has 158 valence electrons. The monoisotopic (exact) mass is 405 g/mol. The summed E-state index contributed by atoms with van der Waals surface area (Å²) >= 11 is 0. The van der Waals surface area contributed by atoms with E-state index in [1.54, 1.807) is 23.9 Å². The lowest BCUT2D eigenvalue weighted by atomic mass is 9.94. The van der Waals surface area contributed by atoms with E-state index in [1.165, 1.54) is 25.3 Å². The number of aliphatic hydroxyl groups is 2. The SMILES string of the molecule is Cn1ccnc1[C@H](O)[C@@](C)(O)C(=O)NCC1CCN(c2ccc(F)cc2N)CC1. The van der Waals surface area contributed by atoms with Crippen molar-refractivity contribution in [2.45, 2.75) is 31.5 Å². The lowest BCUT2D eigenvalue weighted by Gasteiger charge is -2.35. The maximum absolute atomic E-state index is 13.2. The van der Waals surface area contributed by atoms with Crippen molar-refractivity contribution in [1.29, 1.82) is 0 Å². The van der Waals surface area contributed by atoms with Gasteiger partial charge >= 0.3 is 0 Å². The molecule has 3 rings (SSSR count). The highest BCUT2D eigenvalue weighted by Gasteiger charge is 2.41. The van der Waals surface area contributed by atoms with Gasteiger partial charge in [0.1, 0.15) is 17.7 Å². The Morgan fingerprint density at radius 3 is 2.72 bits per heavy atom. The molecular formula is C20H28FN5O3. The second-order valence-electron chi connectivity index (χ2n) is 7.79. The highest BCUT2D eigenvalue weighted by molar-refractivity contribution is 5.85. The van der Waals surface area contributed by atoms with Crippen molar-refractivity contribution in [3.8, 4) is 0 Å². The van der Waals surface area contributed by atoms with Gasteiger partial charge in [0.2, 0.25) is 0 Å². The number of halogens is 1. The maximum atomic E-state index is 13.2. The van der Waals surface area contributed by atoms with Crippen LogP contribution in [0.1, 0.15) is 31.7 Å². The summed E-state index contributed by atoms with van der Waals surface area (Å²) in [6.45, 7) is 3.15. The van der Waals surface area contributed by atoms with Gasteiger partial charge in [0.25, 0.3) is 5.91 Å². The number of carbonyl (C=O) groups is 1. The van der Waals surface area contributed by atoms with Crippen molar-refractivity contribution in [2.75, 3.05) is 30.3 Å². The predicted octanol–water partition coefficient (Wildman–Crippen LogP) is 0.959. The minimum atomic E-state index is -2.00. The third-order valence-electron chi connectivity index (χ3n) is 5.59. The molecule has 5 N–H and O–H groups in total. The highest BCUT2D eigenvalue weighted by atomic mass is 19.1. The Morgan fingerprint density at radius 2 is 2.14 bits per heavy atom. The zero-order valence-corrected chi connectivity index (χ0v) is 16.7. The van der Waals surface area contributed by atoms with Gasteiger partial charge in [0.05, 0.1) is 11.4 Å². The minimum absolute atomic E-state index is 0.218. The van der Waals surface area contributed by atoms with E-state index in [4.69, 9.17) is 5.73 Å². The van der Waals surface area contributed by atoms with Crippen molar-refractivity contribution in [3.05, 3.63) is 42.2 Å². The first-order valence-corrected chi connectivity index (χ1v) is 9.66. The average molecular weight is 405 g/mol. The van der Waals surface area contributed by atoms with Crippen LogP contribution < -0.4 is 16.0 Å². The van der Waals surface area contributed by atoms with Crippen LogP contribution in [0, 0.1) is 11.7 Å². The third-order valence-corrected chi connectivity index (χ3v) is 5.59. The molecule has 29 heavy (non-hydrogen) atoms. The van der Waals surface area contributed by atoms with Crippen molar-refractivity contribution >= 4 is 17.3 Å². The number of nitrogens with two attached hydrogens (primary N) is 1. The second-order valence-corrected chi connectivity index (χ2v) is 7.79. The van der Waals surface area contributed by atoms with E-state index in [-0.39, 0.29) is 17.6 Å². The van der Waals surface area contributed by atoms with E-state index < -0.39 is 17.6 Å². The molecular weight excluding hydrogens is 377 g/mol. The smallest absolute Gasteiger partial charge is 0.254 e. The number of amides is 1. The molecule has 2 aromatic rings. The van der Waals surface area contributed by atoms with E-state index in [1.807, 2.05) is 0 Å². The number of hydrogen-bond donors (Lipinski definition) is 4. The summed E-state index contributed by atoms with van der Waals surface area (Å²) in [6, 6.07) is 4.40. The summed E-state index contributed by atoms with van der Waals surface area (Å²) in [5.41, 5.74) is 5.15. The van der Waals surface area contributed by atoms with Crippen LogP contribution in [0.3, 0.4) is 0 Å². The third kappa shape index (κ3) is 4.51. The molecule has 1 aromatic heterocycles. The summed E-state index contributed by atoms with van der Waals surface area (Å²) < 4.78 is 14.8. The Hall–Kier alpha value is -2.65. The Kier molecular flexibility index (Phi) is 6.09. The fourth-order valence-corrected chi connectivity index (χ4v) is 3.62. The van der Waals surface area contributed by atoms with Gasteiger partial charge in [-0.2, -0.15) is 0 Å². The first kappa shape index (κ1) is 21.1. The van der Waals surface area contributed by atoms with Crippen LogP contribution in [0.25, 0.3) is 0 Å². The Morgan fingerprint density at radius 1 is 1.45 bits per heavy atom. The summed E-state index contributed by atoms with van der Waals surface area (Å²) in [7, 11) is 1.68. The number of imidazole rings is 1. The maximum Gasteiger partial charge on any atom is 0.254 e. The molecule has 0 bridgehead atoms. The van der Waals surface area contributed by atoms with Gasteiger partial charge in [-0.15, -0.1) is 0 Å². The number of anilines is 2. The molecule has 0 spiro atoms. The van der Waals surface area contributed by atoms with E-state index in [0.29, 0.717) is 12.2 Å². The number of piperidine rings is 1. The lowest BCUT2D eigenvalue weighted by molar-refractivity contribution is -0.151. The highest BCUT2D eigenvalue weighted by Crippen LogP contribution is 2.29. The molecule has 8 nitrogen and oxygen atoms in total. The molecule has 0 unspecified atom stereocenters. The minimum Gasteiger partial charge on any atom is -0.397 e. The van der Waals surface area contributed by atoms with Crippen LogP contribution in [0.2, 0.25) is 0 Å². The van der Waals surface area contributed by atoms with Crippen LogP contribution in [-0.4, -0.2) is 50.9 Å². The number of rotatable bonds is 6. The van der Waals surface area contributed by atoms with Gasteiger partial charge in [0, 0.05) is 39.1 Å². The number of carbonyl (C=O) groups excluding carboxylic acids is 1. The van der Waals surface area contributed by atoms with Gasteiger partial charge in [0.15, 0.2) is 5.60 Å². The Labute approximate surface area is 169 Å². The summed E-state index contributed by atoms with van der Waals surface area (Å²) in [4.78, 5) is 18.6. The normalized spacial score (nSPS) is 18.3. The zero-order valence-electron chi connectivity index (χ0n) is 16.7. The summed E-state index contributed by atoms with van der Waals surface area (Å²) in [5, 5.41) is 23.7. The molecule has 1 fully saturated rings. The average Bonchev–Trinajstić information content (AvgIpc) is 3.11. The number of aliphatic hydroxyl groups excluding tert-OH is 1. The van der Waals surface area contributed by atoms with Crippen LogP contribution in [-0.2, 0) is 11.8 Å². The first-order chi connectivity index (χ1) is 13.7. The molecule has 0 radical (unpaired) electrons. The zero-order chi connectivity index (χ0) is 21.2. The first-order valence-electron chi connectivity index (χ1n) is 9.66. The molecule has 0 saturated carbocycles. The Bertz CT molecular complexity index is 862. The van der Waals surface area contributed by atoms with Crippen molar-refractivity contribution in [3.63, 3.8) is 0 Å². The quantitative estimate of drug-likeness (QED) is 0.532. The topological polar surface area (TPSA) is 117 Å². The van der Waals surface area contributed by atoms with Gasteiger partial charge in [-0.3, -0.25) is 4.79 Å². The van der Waals surface area contributed by atoms with Crippen LogP contribution in [0.15, 0.2) is 30.6 Å². The fourth-order valence-electron chi connectivity index (χ4n) is 3.62. The molecule has 1 aliphatic rings. The number of benzene rings is 1. The number of nitrogens with one attached hydrogen (secondary N) is 1. The largest absolute Gasteiger partial charge is 0.397 e. The van der Waals surface area contributed by atoms with Crippen molar-refractivity contribution < 1.29 is 19.4 Å². The van der Waals surface area contributed by atoms with E-state index in [0.717, 1.165) is 31.6 Å².